The first kappa shape index (κ1) is 21.1. The summed E-state index contributed by atoms with van der Waals surface area (Å²) in [6.45, 7) is 3.53. The zero-order valence-electron chi connectivity index (χ0n) is 17.9. The van der Waals surface area contributed by atoms with Gasteiger partial charge in [-0.3, -0.25) is 4.79 Å². The maximum absolute atomic E-state index is 12.5. The molecule has 1 N–H and O–H groups in total. The fourth-order valence-electron chi connectivity index (χ4n) is 4.08. The summed E-state index contributed by atoms with van der Waals surface area (Å²) in [4.78, 5) is 15.0. The number of hydrogen-bond acceptors (Lipinski definition) is 5. The van der Waals surface area contributed by atoms with Crippen molar-refractivity contribution in [3.05, 3.63) is 83.2 Å². The average molecular weight is 420 g/mol. The molecule has 162 valence electrons. The number of para-hydroxylation sites is 1. The van der Waals surface area contributed by atoms with Crippen LogP contribution < -0.4 is 10.1 Å². The molecule has 1 aromatic heterocycles. The largest absolute Gasteiger partial charge is 0.496 e. The lowest BCUT2D eigenvalue weighted by Crippen LogP contribution is -2.34. The molecule has 6 heteroatoms. The smallest absolute Gasteiger partial charge is 0.290 e. The normalized spacial score (nSPS) is 15.0. The molecule has 0 atom stereocenters. The molecule has 0 spiro atoms. The minimum absolute atomic E-state index is 0.259. The Morgan fingerprint density at radius 2 is 1.87 bits per heavy atom. The van der Waals surface area contributed by atoms with Gasteiger partial charge in [-0.1, -0.05) is 53.7 Å². The molecule has 1 aliphatic rings. The van der Waals surface area contributed by atoms with Gasteiger partial charge in [0, 0.05) is 30.6 Å². The number of ether oxygens (including phenoxy) is 1. The van der Waals surface area contributed by atoms with Gasteiger partial charge in [0.2, 0.25) is 5.76 Å². The van der Waals surface area contributed by atoms with Crippen molar-refractivity contribution >= 4 is 5.91 Å². The number of nitrogens with one attached hydrogen (secondary N) is 1. The van der Waals surface area contributed by atoms with E-state index in [1.807, 2.05) is 24.3 Å². The average Bonchev–Trinajstić information content (AvgIpc) is 3.33. The molecular formula is C25H29N3O3. The molecule has 31 heavy (non-hydrogen) atoms. The number of rotatable bonds is 8. The number of likely N-dealkylation sites (tertiary alicyclic amines) is 1. The van der Waals surface area contributed by atoms with E-state index in [0.29, 0.717) is 12.5 Å². The third-order valence-electron chi connectivity index (χ3n) is 5.95. The van der Waals surface area contributed by atoms with Crippen molar-refractivity contribution in [2.45, 2.75) is 31.7 Å². The summed E-state index contributed by atoms with van der Waals surface area (Å²) in [5.74, 6) is 1.09. The van der Waals surface area contributed by atoms with Crippen LogP contribution in [0.1, 0.15) is 46.1 Å². The molecule has 1 fully saturated rings. The van der Waals surface area contributed by atoms with Gasteiger partial charge < -0.3 is 19.5 Å². The quantitative estimate of drug-likeness (QED) is 0.597. The lowest BCUT2D eigenvalue weighted by molar-refractivity contribution is 0.0913. The van der Waals surface area contributed by atoms with Crippen LogP contribution in [0.3, 0.4) is 0 Å². The number of carbonyl (C=O) groups excluding carboxylic acids is 1. The lowest BCUT2D eigenvalue weighted by Gasteiger charge is -2.30. The molecule has 2 aromatic carbocycles. The first-order valence-electron chi connectivity index (χ1n) is 10.9. The second-order valence-corrected chi connectivity index (χ2v) is 7.96. The van der Waals surface area contributed by atoms with Crippen LogP contribution in [0.2, 0.25) is 0 Å². The minimum atomic E-state index is -0.259. The number of methoxy groups -OCH3 is 1. The van der Waals surface area contributed by atoms with E-state index >= 15 is 0 Å². The van der Waals surface area contributed by atoms with E-state index < -0.39 is 0 Å². The molecule has 4 rings (SSSR count). The molecule has 1 saturated heterocycles. The van der Waals surface area contributed by atoms with E-state index in [-0.39, 0.29) is 11.7 Å². The Balaban J connectivity index is 1.25. The standard InChI is InChI=1S/C25H29N3O3/c1-30-23-10-6-5-9-21(23)18-26-25(29)24-17-22(27-31-24)20-12-15-28(16-13-20)14-11-19-7-3-2-4-8-19/h2-10,17,20H,11-16,18H2,1H3,(H,26,29). The summed E-state index contributed by atoms with van der Waals surface area (Å²) >= 11 is 0. The molecule has 0 saturated carbocycles. The van der Waals surface area contributed by atoms with Crippen molar-refractivity contribution in [2.24, 2.45) is 0 Å². The van der Waals surface area contributed by atoms with Gasteiger partial charge in [0.05, 0.1) is 12.8 Å². The van der Waals surface area contributed by atoms with Gasteiger partial charge >= 0.3 is 0 Å². The highest BCUT2D eigenvalue weighted by molar-refractivity contribution is 5.91. The summed E-state index contributed by atoms with van der Waals surface area (Å²) in [7, 11) is 1.62. The molecule has 1 aliphatic heterocycles. The van der Waals surface area contributed by atoms with E-state index in [2.05, 4.69) is 45.7 Å². The van der Waals surface area contributed by atoms with E-state index in [1.54, 1.807) is 13.2 Å². The van der Waals surface area contributed by atoms with Gasteiger partial charge in [-0.05, 0) is 44.0 Å². The molecule has 0 radical (unpaired) electrons. The number of carbonyl (C=O) groups is 1. The summed E-state index contributed by atoms with van der Waals surface area (Å²) in [5, 5.41) is 7.07. The topological polar surface area (TPSA) is 67.6 Å². The van der Waals surface area contributed by atoms with Gasteiger partial charge in [-0.15, -0.1) is 0 Å². The summed E-state index contributed by atoms with van der Waals surface area (Å²) < 4.78 is 10.7. The molecule has 6 nitrogen and oxygen atoms in total. The van der Waals surface area contributed by atoms with Crippen molar-refractivity contribution in [3.8, 4) is 5.75 Å². The highest BCUT2D eigenvalue weighted by Gasteiger charge is 2.24. The van der Waals surface area contributed by atoms with Crippen molar-refractivity contribution in [3.63, 3.8) is 0 Å². The van der Waals surface area contributed by atoms with Crippen molar-refractivity contribution in [2.75, 3.05) is 26.7 Å². The maximum Gasteiger partial charge on any atom is 0.290 e. The number of nitrogens with zero attached hydrogens (tertiary/aromatic N) is 2. The number of benzene rings is 2. The fourth-order valence-corrected chi connectivity index (χ4v) is 4.08. The molecule has 3 aromatic rings. The lowest BCUT2D eigenvalue weighted by atomic mass is 9.93. The Labute approximate surface area is 183 Å². The molecule has 2 heterocycles. The van der Waals surface area contributed by atoms with Crippen LogP contribution in [-0.2, 0) is 13.0 Å². The first-order chi connectivity index (χ1) is 15.2. The molecule has 0 unspecified atom stereocenters. The SMILES string of the molecule is COc1ccccc1CNC(=O)c1cc(C2CCN(CCc3ccccc3)CC2)no1. The number of amides is 1. The molecule has 0 bridgehead atoms. The van der Waals surface area contributed by atoms with Crippen LogP contribution in [-0.4, -0.2) is 42.7 Å². The third-order valence-corrected chi connectivity index (χ3v) is 5.95. The fraction of sp³-hybridized carbons (Fsp3) is 0.360. The second kappa shape index (κ2) is 10.3. The van der Waals surface area contributed by atoms with Crippen LogP contribution in [0.15, 0.2) is 65.2 Å². The highest BCUT2D eigenvalue weighted by atomic mass is 16.5. The van der Waals surface area contributed by atoms with Gasteiger partial charge in [-0.2, -0.15) is 0 Å². The number of hydrogen-bond donors (Lipinski definition) is 1. The van der Waals surface area contributed by atoms with E-state index in [0.717, 1.165) is 55.9 Å². The Kier molecular flexibility index (Phi) is 6.99. The third kappa shape index (κ3) is 5.52. The van der Waals surface area contributed by atoms with Gasteiger partial charge in [-0.25, -0.2) is 0 Å². The molecule has 1 amide bonds. The minimum Gasteiger partial charge on any atom is -0.496 e. The first-order valence-corrected chi connectivity index (χ1v) is 10.9. The van der Waals surface area contributed by atoms with Crippen molar-refractivity contribution < 1.29 is 14.1 Å². The Morgan fingerprint density at radius 1 is 1.13 bits per heavy atom. The zero-order valence-corrected chi connectivity index (χ0v) is 17.9. The van der Waals surface area contributed by atoms with Crippen molar-refractivity contribution in [1.82, 2.24) is 15.4 Å². The maximum atomic E-state index is 12.5. The number of aromatic nitrogens is 1. The highest BCUT2D eigenvalue weighted by Crippen LogP contribution is 2.28. The summed E-state index contributed by atoms with van der Waals surface area (Å²) in [6, 6.07) is 20.0. The van der Waals surface area contributed by atoms with Crippen LogP contribution >= 0.6 is 0 Å². The molecular weight excluding hydrogens is 390 g/mol. The van der Waals surface area contributed by atoms with Crippen LogP contribution in [0.5, 0.6) is 5.75 Å². The van der Waals surface area contributed by atoms with Gasteiger partial charge in [0.1, 0.15) is 5.75 Å². The Morgan fingerprint density at radius 3 is 2.65 bits per heavy atom. The van der Waals surface area contributed by atoms with Gasteiger partial charge in [0.15, 0.2) is 0 Å². The number of piperidine rings is 1. The van der Waals surface area contributed by atoms with Crippen LogP contribution in [0.25, 0.3) is 0 Å². The Bertz CT molecular complexity index is 978. The Hall–Kier alpha value is -3.12. The van der Waals surface area contributed by atoms with E-state index in [1.165, 1.54) is 5.56 Å². The van der Waals surface area contributed by atoms with Gasteiger partial charge in [0.25, 0.3) is 5.91 Å². The monoisotopic (exact) mass is 419 g/mol. The van der Waals surface area contributed by atoms with E-state index in [9.17, 15) is 4.79 Å². The zero-order chi connectivity index (χ0) is 21.5. The predicted octanol–water partition coefficient (Wildman–Crippen LogP) is 4.04. The predicted molar refractivity (Wildman–Crippen MR) is 119 cm³/mol. The van der Waals surface area contributed by atoms with Crippen LogP contribution in [0.4, 0.5) is 0 Å². The molecule has 0 aliphatic carbocycles. The van der Waals surface area contributed by atoms with Crippen molar-refractivity contribution in [1.29, 1.82) is 0 Å². The van der Waals surface area contributed by atoms with E-state index in [4.69, 9.17) is 9.26 Å². The summed E-state index contributed by atoms with van der Waals surface area (Å²) in [5.41, 5.74) is 3.18. The van der Waals surface area contributed by atoms with Crippen LogP contribution in [0, 0.1) is 0 Å². The second-order valence-electron chi connectivity index (χ2n) is 7.96. The summed E-state index contributed by atoms with van der Waals surface area (Å²) in [6.07, 6.45) is 3.14.